The van der Waals surface area contributed by atoms with Crippen LogP contribution in [0.2, 0.25) is 0 Å². The first-order valence-corrected chi connectivity index (χ1v) is 7.63. The lowest BCUT2D eigenvalue weighted by molar-refractivity contribution is -0.145. The number of ether oxygens (including phenoxy) is 1. The van der Waals surface area contributed by atoms with E-state index in [0.717, 1.165) is 44.3 Å². The van der Waals surface area contributed by atoms with E-state index in [1.807, 2.05) is 30.3 Å². The van der Waals surface area contributed by atoms with Crippen molar-refractivity contribution in [3.05, 3.63) is 35.9 Å². The SMILES string of the molecule is O=CCC1CCN(CCC(=O)OCc2ccccc2)CC1. The summed E-state index contributed by atoms with van der Waals surface area (Å²) < 4.78 is 5.27. The molecular weight excluding hydrogens is 266 g/mol. The molecule has 1 aliphatic heterocycles. The van der Waals surface area contributed by atoms with Crippen LogP contribution in [0, 0.1) is 5.92 Å². The third kappa shape index (κ3) is 5.68. The second-order valence-corrected chi connectivity index (χ2v) is 5.58. The Morgan fingerprint density at radius 1 is 1.24 bits per heavy atom. The molecule has 1 aliphatic rings. The number of aldehydes is 1. The first-order chi connectivity index (χ1) is 10.3. The first kappa shape index (κ1) is 15.7. The van der Waals surface area contributed by atoms with Gasteiger partial charge in [0.15, 0.2) is 0 Å². The Morgan fingerprint density at radius 3 is 2.62 bits per heavy atom. The van der Waals surface area contributed by atoms with Gasteiger partial charge in [0.05, 0.1) is 6.42 Å². The summed E-state index contributed by atoms with van der Waals surface area (Å²) in [6.45, 7) is 3.05. The molecule has 2 rings (SSSR count). The molecule has 0 N–H and O–H groups in total. The Kier molecular flexibility index (Phi) is 6.41. The standard InChI is InChI=1S/C17H23NO3/c19-13-9-15-6-10-18(11-7-15)12-8-17(20)21-14-16-4-2-1-3-5-16/h1-5,13,15H,6-12,14H2. The molecule has 1 aromatic rings. The van der Waals surface area contributed by atoms with Gasteiger partial charge in [-0.3, -0.25) is 4.79 Å². The van der Waals surface area contributed by atoms with Crippen LogP contribution >= 0.6 is 0 Å². The number of piperidine rings is 1. The molecule has 0 unspecified atom stereocenters. The molecule has 1 saturated heterocycles. The lowest BCUT2D eigenvalue weighted by Crippen LogP contribution is -2.35. The smallest absolute Gasteiger partial charge is 0.307 e. The van der Waals surface area contributed by atoms with Crippen LogP contribution in [0.25, 0.3) is 0 Å². The summed E-state index contributed by atoms with van der Waals surface area (Å²) in [5.41, 5.74) is 1.01. The molecular formula is C17H23NO3. The average molecular weight is 289 g/mol. The molecule has 0 bridgehead atoms. The number of esters is 1. The van der Waals surface area contributed by atoms with Crippen molar-refractivity contribution in [1.82, 2.24) is 4.90 Å². The Hall–Kier alpha value is -1.68. The molecule has 1 aromatic carbocycles. The zero-order chi connectivity index (χ0) is 14.9. The second kappa shape index (κ2) is 8.57. The lowest BCUT2D eigenvalue weighted by atomic mass is 9.94. The molecule has 0 spiro atoms. The predicted molar refractivity (Wildman–Crippen MR) is 80.7 cm³/mol. The quantitative estimate of drug-likeness (QED) is 0.571. The fourth-order valence-corrected chi connectivity index (χ4v) is 2.64. The zero-order valence-corrected chi connectivity index (χ0v) is 12.4. The molecule has 0 atom stereocenters. The molecule has 4 nitrogen and oxygen atoms in total. The van der Waals surface area contributed by atoms with Crippen LogP contribution in [-0.4, -0.2) is 36.8 Å². The molecule has 0 aromatic heterocycles. The Labute approximate surface area is 126 Å². The van der Waals surface area contributed by atoms with Gasteiger partial charge < -0.3 is 14.4 Å². The monoisotopic (exact) mass is 289 g/mol. The van der Waals surface area contributed by atoms with Crippen molar-refractivity contribution in [2.75, 3.05) is 19.6 Å². The highest BCUT2D eigenvalue weighted by atomic mass is 16.5. The summed E-state index contributed by atoms with van der Waals surface area (Å²) in [5.74, 6) is 0.387. The fraction of sp³-hybridized carbons (Fsp3) is 0.529. The summed E-state index contributed by atoms with van der Waals surface area (Å²) in [6, 6.07) is 9.72. The summed E-state index contributed by atoms with van der Waals surface area (Å²) in [5, 5.41) is 0. The normalized spacial score (nSPS) is 16.6. The van der Waals surface area contributed by atoms with Gasteiger partial charge in [0.1, 0.15) is 12.9 Å². The molecule has 0 amide bonds. The number of carbonyl (C=O) groups is 2. The molecule has 4 heteroatoms. The van der Waals surface area contributed by atoms with Gasteiger partial charge >= 0.3 is 5.97 Å². The number of likely N-dealkylation sites (tertiary alicyclic amines) is 1. The fourth-order valence-electron chi connectivity index (χ4n) is 2.64. The number of hydrogen-bond donors (Lipinski definition) is 0. The summed E-state index contributed by atoms with van der Waals surface area (Å²) in [6.07, 6.45) is 4.23. The third-order valence-electron chi connectivity index (χ3n) is 4.01. The number of benzene rings is 1. The summed E-state index contributed by atoms with van der Waals surface area (Å²) in [7, 11) is 0. The lowest BCUT2D eigenvalue weighted by Gasteiger charge is -2.30. The number of carbonyl (C=O) groups excluding carboxylic acids is 2. The Morgan fingerprint density at radius 2 is 1.95 bits per heavy atom. The van der Waals surface area contributed by atoms with Crippen LogP contribution in [0.3, 0.4) is 0 Å². The van der Waals surface area contributed by atoms with Gasteiger partial charge in [-0.1, -0.05) is 30.3 Å². The number of hydrogen-bond acceptors (Lipinski definition) is 4. The van der Waals surface area contributed by atoms with E-state index < -0.39 is 0 Å². The van der Waals surface area contributed by atoms with Crippen LogP contribution in [0.4, 0.5) is 0 Å². The minimum atomic E-state index is -0.145. The molecule has 1 fully saturated rings. The van der Waals surface area contributed by atoms with Gasteiger partial charge in [-0.25, -0.2) is 0 Å². The number of nitrogens with zero attached hydrogens (tertiary/aromatic N) is 1. The van der Waals surface area contributed by atoms with Crippen LogP contribution in [0.5, 0.6) is 0 Å². The van der Waals surface area contributed by atoms with Gasteiger partial charge in [-0.15, -0.1) is 0 Å². The van der Waals surface area contributed by atoms with Crippen LogP contribution in [0.15, 0.2) is 30.3 Å². The van der Waals surface area contributed by atoms with Crippen molar-refractivity contribution in [1.29, 1.82) is 0 Å². The van der Waals surface area contributed by atoms with E-state index in [1.54, 1.807) is 0 Å². The summed E-state index contributed by atoms with van der Waals surface area (Å²) in [4.78, 5) is 24.5. The van der Waals surface area contributed by atoms with Crippen molar-refractivity contribution >= 4 is 12.3 Å². The van der Waals surface area contributed by atoms with E-state index in [2.05, 4.69) is 4.90 Å². The highest BCUT2D eigenvalue weighted by molar-refractivity contribution is 5.69. The van der Waals surface area contributed by atoms with Gasteiger partial charge in [0.25, 0.3) is 0 Å². The molecule has 1 heterocycles. The average Bonchev–Trinajstić information content (AvgIpc) is 2.53. The van der Waals surface area contributed by atoms with Crippen molar-refractivity contribution in [3.63, 3.8) is 0 Å². The molecule has 21 heavy (non-hydrogen) atoms. The molecule has 0 aliphatic carbocycles. The first-order valence-electron chi connectivity index (χ1n) is 7.63. The van der Waals surface area contributed by atoms with Crippen LogP contribution in [-0.2, 0) is 20.9 Å². The third-order valence-corrected chi connectivity index (χ3v) is 4.01. The Balaban J connectivity index is 1.60. The van der Waals surface area contributed by atoms with Crippen molar-refractivity contribution < 1.29 is 14.3 Å². The second-order valence-electron chi connectivity index (χ2n) is 5.58. The highest BCUT2D eigenvalue weighted by Crippen LogP contribution is 2.19. The maximum absolute atomic E-state index is 11.7. The van der Waals surface area contributed by atoms with E-state index in [0.29, 0.717) is 25.4 Å². The van der Waals surface area contributed by atoms with Gasteiger partial charge in [0.2, 0.25) is 0 Å². The van der Waals surface area contributed by atoms with Crippen LogP contribution < -0.4 is 0 Å². The molecule has 114 valence electrons. The van der Waals surface area contributed by atoms with Gasteiger partial charge in [0, 0.05) is 13.0 Å². The molecule has 0 saturated carbocycles. The van der Waals surface area contributed by atoms with E-state index in [9.17, 15) is 9.59 Å². The van der Waals surface area contributed by atoms with Gasteiger partial charge in [-0.2, -0.15) is 0 Å². The maximum atomic E-state index is 11.7. The van der Waals surface area contributed by atoms with E-state index >= 15 is 0 Å². The highest BCUT2D eigenvalue weighted by Gasteiger charge is 2.19. The minimum Gasteiger partial charge on any atom is -0.461 e. The maximum Gasteiger partial charge on any atom is 0.307 e. The van der Waals surface area contributed by atoms with Gasteiger partial charge in [-0.05, 0) is 37.4 Å². The summed E-state index contributed by atoms with van der Waals surface area (Å²) >= 11 is 0. The molecule has 0 radical (unpaired) electrons. The predicted octanol–water partition coefficient (Wildman–Crippen LogP) is 2.42. The van der Waals surface area contributed by atoms with Crippen molar-refractivity contribution in [3.8, 4) is 0 Å². The van der Waals surface area contributed by atoms with E-state index in [4.69, 9.17) is 4.74 Å². The van der Waals surface area contributed by atoms with Crippen LogP contribution in [0.1, 0.15) is 31.2 Å². The minimum absolute atomic E-state index is 0.145. The largest absolute Gasteiger partial charge is 0.461 e. The van der Waals surface area contributed by atoms with E-state index in [1.165, 1.54) is 0 Å². The van der Waals surface area contributed by atoms with E-state index in [-0.39, 0.29) is 5.97 Å². The number of rotatable bonds is 7. The van der Waals surface area contributed by atoms with Crippen molar-refractivity contribution in [2.24, 2.45) is 5.92 Å². The zero-order valence-electron chi connectivity index (χ0n) is 12.4. The van der Waals surface area contributed by atoms with Crippen molar-refractivity contribution in [2.45, 2.75) is 32.3 Å². The Bertz CT molecular complexity index is 439. The topological polar surface area (TPSA) is 46.6 Å².